The van der Waals surface area contributed by atoms with Crippen LogP contribution in [0.5, 0.6) is 0 Å². The maximum absolute atomic E-state index is 3.43. The van der Waals surface area contributed by atoms with E-state index in [1.807, 2.05) is 0 Å². The average Bonchev–Trinajstić information content (AvgIpc) is 2.62. The van der Waals surface area contributed by atoms with Gasteiger partial charge < -0.3 is 10.6 Å². The molecule has 1 aromatic carbocycles. The zero-order valence-electron chi connectivity index (χ0n) is 15.6. The summed E-state index contributed by atoms with van der Waals surface area (Å²) < 4.78 is 0. The Kier molecular flexibility index (Phi) is 15.3. The lowest BCUT2D eigenvalue weighted by Gasteiger charge is -2.04. The summed E-state index contributed by atoms with van der Waals surface area (Å²) in [5.41, 5.74) is 1.44. The van der Waals surface area contributed by atoms with Crippen molar-refractivity contribution < 1.29 is 5.32 Å². The molecule has 0 aromatic heterocycles. The number of unbranched alkanes of at least 4 members (excludes halogenated alkanes) is 10. The van der Waals surface area contributed by atoms with Crippen LogP contribution in [0.3, 0.4) is 0 Å². The van der Waals surface area contributed by atoms with Crippen LogP contribution >= 0.6 is 0 Å². The second-order valence-electron chi connectivity index (χ2n) is 6.83. The lowest BCUT2D eigenvalue weighted by molar-refractivity contribution is -0.671. The predicted octanol–water partition coefficient (Wildman–Crippen LogP) is 3.76. The molecule has 0 aliphatic carbocycles. The van der Waals surface area contributed by atoms with E-state index in [4.69, 9.17) is 0 Å². The van der Waals surface area contributed by atoms with Crippen LogP contribution in [0.2, 0.25) is 0 Å². The molecule has 0 saturated heterocycles. The third-order valence-corrected chi connectivity index (χ3v) is 4.86. The Labute approximate surface area is 153 Å². The Balaban J connectivity index is 1.70. The topological polar surface area (TPSA) is 28.6 Å². The van der Waals surface area contributed by atoms with Crippen molar-refractivity contribution in [3.05, 3.63) is 35.9 Å². The van der Waals surface area contributed by atoms with Crippen molar-refractivity contribution in [2.75, 3.05) is 19.3 Å². The molecule has 3 heteroatoms. The van der Waals surface area contributed by atoms with Crippen molar-refractivity contribution in [1.82, 2.24) is 5.32 Å². The molecular weight excluding hydrogens is 308 g/mol. The first kappa shape index (κ1) is 21.4. The van der Waals surface area contributed by atoms with Crippen molar-refractivity contribution in [2.45, 2.75) is 77.2 Å². The van der Waals surface area contributed by atoms with E-state index >= 15 is 0 Å². The van der Waals surface area contributed by atoms with Gasteiger partial charge in [-0.15, -0.1) is 0 Å². The molecule has 0 fully saturated rings. The van der Waals surface area contributed by atoms with Crippen LogP contribution in [-0.2, 0) is 6.54 Å². The maximum atomic E-state index is 3.43. The number of nitrogens with two attached hydrogens (primary N) is 1. The summed E-state index contributed by atoms with van der Waals surface area (Å²) >= 11 is 0. The molecule has 24 heavy (non-hydrogen) atoms. The summed E-state index contributed by atoms with van der Waals surface area (Å²) in [4.78, 5) is 0. The smallest absolute Gasteiger partial charge is 0.101 e. The second-order valence-corrected chi connectivity index (χ2v) is 7.19. The fourth-order valence-electron chi connectivity index (χ4n) is 3.10. The van der Waals surface area contributed by atoms with Gasteiger partial charge in [0.05, 0.1) is 6.54 Å². The summed E-state index contributed by atoms with van der Waals surface area (Å²) in [6.45, 7) is 3.57. The lowest BCUT2D eigenvalue weighted by atomic mass is 10.1. The van der Waals surface area contributed by atoms with E-state index in [1.54, 1.807) is 0 Å². The highest BCUT2D eigenvalue weighted by Crippen LogP contribution is 2.10. The van der Waals surface area contributed by atoms with Crippen LogP contribution in [0.25, 0.3) is 0 Å². The van der Waals surface area contributed by atoms with Gasteiger partial charge in [-0.1, -0.05) is 81.7 Å². The SMILES string of the molecule is [Si]CNCCCCCCCCCCCCC[NH2+]Cc1ccccc1. The van der Waals surface area contributed by atoms with Gasteiger partial charge in [0.15, 0.2) is 0 Å². The van der Waals surface area contributed by atoms with Gasteiger partial charge in [0.1, 0.15) is 6.54 Å². The molecule has 1 aromatic rings. The van der Waals surface area contributed by atoms with E-state index in [1.165, 1.54) is 82.7 Å². The zero-order chi connectivity index (χ0) is 17.1. The zero-order valence-corrected chi connectivity index (χ0v) is 16.6. The lowest BCUT2D eigenvalue weighted by Crippen LogP contribution is -2.82. The van der Waals surface area contributed by atoms with E-state index in [2.05, 4.69) is 51.2 Å². The van der Waals surface area contributed by atoms with Gasteiger partial charge in [-0.3, -0.25) is 0 Å². The number of quaternary nitrogens is 1. The van der Waals surface area contributed by atoms with Gasteiger partial charge in [-0.2, -0.15) is 0 Å². The third-order valence-electron chi connectivity index (χ3n) is 4.61. The molecule has 135 valence electrons. The molecule has 0 bridgehead atoms. The number of benzene rings is 1. The minimum atomic E-state index is 0.922. The van der Waals surface area contributed by atoms with Crippen molar-refractivity contribution >= 4 is 10.2 Å². The Morgan fingerprint density at radius 3 is 1.83 bits per heavy atom. The number of rotatable bonds is 17. The minimum absolute atomic E-state index is 0.922. The van der Waals surface area contributed by atoms with Crippen molar-refractivity contribution in [3.8, 4) is 0 Å². The molecule has 3 N–H and O–H groups in total. The van der Waals surface area contributed by atoms with Gasteiger partial charge >= 0.3 is 0 Å². The molecule has 0 spiro atoms. The molecule has 0 aliphatic rings. The highest BCUT2D eigenvalue weighted by atomic mass is 28.1. The number of hydrogen-bond acceptors (Lipinski definition) is 1. The first-order valence-electron chi connectivity index (χ1n) is 10.1. The van der Waals surface area contributed by atoms with Crippen LogP contribution in [0.4, 0.5) is 0 Å². The molecule has 2 nitrogen and oxygen atoms in total. The van der Waals surface area contributed by atoms with E-state index < -0.39 is 0 Å². The normalized spacial score (nSPS) is 11.0. The fourth-order valence-corrected chi connectivity index (χ4v) is 3.28. The molecule has 0 unspecified atom stereocenters. The summed E-state index contributed by atoms with van der Waals surface area (Å²) in [7, 11) is 3.43. The average molecular weight is 347 g/mol. The van der Waals surface area contributed by atoms with Crippen LogP contribution in [0.15, 0.2) is 30.3 Å². The van der Waals surface area contributed by atoms with Crippen molar-refractivity contribution in [1.29, 1.82) is 0 Å². The second kappa shape index (κ2) is 17.2. The summed E-state index contributed by atoms with van der Waals surface area (Å²) in [6.07, 6.45) is 16.5. The summed E-state index contributed by atoms with van der Waals surface area (Å²) in [5.74, 6) is 0. The first-order valence-corrected chi connectivity index (χ1v) is 10.8. The van der Waals surface area contributed by atoms with E-state index in [0.717, 1.165) is 19.3 Å². The highest BCUT2D eigenvalue weighted by Gasteiger charge is 1.96. The third kappa shape index (κ3) is 13.8. The molecule has 0 heterocycles. The Morgan fingerprint density at radius 1 is 0.708 bits per heavy atom. The van der Waals surface area contributed by atoms with E-state index in [-0.39, 0.29) is 0 Å². The molecule has 0 atom stereocenters. The largest absolute Gasteiger partial charge is 0.343 e. The predicted molar refractivity (Wildman–Crippen MR) is 106 cm³/mol. The number of nitrogens with one attached hydrogen (secondary N) is 1. The molecule has 1 rings (SSSR count). The van der Waals surface area contributed by atoms with Crippen molar-refractivity contribution in [2.24, 2.45) is 0 Å². The quantitative estimate of drug-likeness (QED) is 0.326. The molecule has 0 saturated carbocycles. The molecule has 3 radical (unpaired) electrons. The first-order chi connectivity index (χ1) is 11.9. The Morgan fingerprint density at radius 2 is 1.25 bits per heavy atom. The van der Waals surface area contributed by atoms with E-state index in [0.29, 0.717) is 0 Å². The van der Waals surface area contributed by atoms with Gasteiger partial charge in [0, 0.05) is 15.8 Å². The van der Waals surface area contributed by atoms with E-state index in [9.17, 15) is 0 Å². The van der Waals surface area contributed by atoms with Crippen LogP contribution in [-0.4, -0.2) is 29.5 Å². The maximum Gasteiger partial charge on any atom is 0.101 e. The number of hydrogen-bond donors (Lipinski definition) is 2. The van der Waals surface area contributed by atoms with Gasteiger partial charge in [0.2, 0.25) is 0 Å². The molecular formula is C21H38N2Si+. The Hall–Kier alpha value is -0.643. The van der Waals surface area contributed by atoms with Crippen LogP contribution < -0.4 is 10.6 Å². The standard InChI is InChI=1S/C21H37N2Si/c24-20-23-18-14-9-7-5-3-1-2-4-6-8-13-17-22-19-21-15-11-10-12-16-21/h10-12,15-16,22-23H,1-9,13-14,17-20H2/p+1. The summed E-state index contributed by atoms with van der Waals surface area (Å²) in [5, 5.41) is 5.76. The van der Waals surface area contributed by atoms with Crippen LogP contribution in [0.1, 0.15) is 76.2 Å². The Bertz CT molecular complexity index is 356. The van der Waals surface area contributed by atoms with Gasteiger partial charge in [-0.25, -0.2) is 0 Å². The fraction of sp³-hybridized carbons (Fsp3) is 0.714. The molecule has 0 amide bonds. The molecule has 0 aliphatic heterocycles. The van der Waals surface area contributed by atoms with Gasteiger partial charge in [0.25, 0.3) is 0 Å². The monoisotopic (exact) mass is 346 g/mol. The minimum Gasteiger partial charge on any atom is -0.343 e. The highest BCUT2D eigenvalue weighted by molar-refractivity contribution is 6.08. The van der Waals surface area contributed by atoms with Crippen LogP contribution in [0, 0.1) is 0 Å². The van der Waals surface area contributed by atoms with Crippen molar-refractivity contribution in [3.63, 3.8) is 0 Å². The van der Waals surface area contributed by atoms with Gasteiger partial charge in [-0.05, 0) is 32.0 Å². The summed E-state index contributed by atoms with van der Waals surface area (Å²) in [6, 6.07) is 10.8.